The van der Waals surface area contributed by atoms with Gasteiger partial charge in [0.05, 0.1) is 5.71 Å². The Morgan fingerprint density at radius 2 is 2.20 bits per heavy atom. The van der Waals surface area contributed by atoms with Gasteiger partial charge in [-0.1, -0.05) is 21.1 Å². The van der Waals surface area contributed by atoms with E-state index in [-0.39, 0.29) is 6.10 Å². The second-order valence-electron chi connectivity index (χ2n) is 3.52. The fourth-order valence-corrected chi connectivity index (χ4v) is 1.64. The van der Waals surface area contributed by atoms with Crippen LogP contribution >= 0.6 is 15.9 Å². The summed E-state index contributed by atoms with van der Waals surface area (Å²) in [5.41, 5.74) is 1.03. The number of hydrogen-bond acceptors (Lipinski definition) is 3. The van der Waals surface area contributed by atoms with Crippen molar-refractivity contribution in [2.75, 3.05) is 6.61 Å². The lowest BCUT2D eigenvalue weighted by atomic mass is 10.2. The number of benzene rings is 1. The predicted molar refractivity (Wildman–Crippen MR) is 62.2 cm³/mol. The molecule has 0 radical (unpaired) electrons. The molecule has 0 fully saturated rings. The average molecular weight is 270 g/mol. The minimum atomic E-state index is 0.0636. The van der Waals surface area contributed by atoms with Gasteiger partial charge in [0.25, 0.3) is 0 Å². The van der Waals surface area contributed by atoms with Crippen molar-refractivity contribution in [1.82, 2.24) is 0 Å². The van der Waals surface area contributed by atoms with E-state index in [1.54, 1.807) is 0 Å². The molecule has 0 saturated heterocycles. The van der Waals surface area contributed by atoms with Crippen LogP contribution in [-0.4, -0.2) is 18.4 Å². The molecule has 80 valence electrons. The molecule has 0 saturated carbocycles. The normalized spacial score (nSPS) is 19.6. The Bertz CT molecular complexity index is 361. The van der Waals surface area contributed by atoms with Crippen molar-refractivity contribution in [2.24, 2.45) is 5.16 Å². The molecule has 0 amide bonds. The zero-order chi connectivity index (χ0) is 10.7. The zero-order valence-electron chi connectivity index (χ0n) is 8.44. The van der Waals surface area contributed by atoms with Gasteiger partial charge in [0.1, 0.15) is 12.4 Å². The van der Waals surface area contributed by atoms with E-state index in [9.17, 15) is 0 Å². The number of ether oxygens (including phenoxy) is 1. The Hall–Kier alpha value is -1.03. The summed E-state index contributed by atoms with van der Waals surface area (Å²) in [6.07, 6.45) is 0.921. The number of hydrogen-bond donors (Lipinski definition) is 0. The monoisotopic (exact) mass is 269 g/mol. The molecule has 0 spiro atoms. The Balaban J connectivity index is 1.81. The summed E-state index contributed by atoms with van der Waals surface area (Å²) in [7, 11) is 0. The zero-order valence-corrected chi connectivity index (χ0v) is 10.0. The van der Waals surface area contributed by atoms with Crippen LogP contribution < -0.4 is 4.74 Å². The van der Waals surface area contributed by atoms with Crippen LogP contribution in [0.2, 0.25) is 0 Å². The molecule has 0 aromatic heterocycles. The molecule has 1 heterocycles. The van der Waals surface area contributed by atoms with Gasteiger partial charge in [0, 0.05) is 10.9 Å². The highest BCUT2D eigenvalue weighted by molar-refractivity contribution is 9.10. The quantitative estimate of drug-likeness (QED) is 0.845. The van der Waals surface area contributed by atoms with E-state index in [1.807, 2.05) is 31.2 Å². The molecule has 1 atom stereocenters. The van der Waals surface area contributed by atoms with Crippen molar-refractivity contribution in [3.05, 3.63) is 28.7 Å². The van der Waals surface area contributed by atoms with Crippen molar-refractivity contribution < 1.29 is 9.57 Å². The first kappa shape index (κ1) is 10.5. The standard InChI is InChI=1S/C11H12BrNO2/c1-8-6-11(15-13-8)7-14-10-4-2-9(12)3-5-10/h2-5,11H,6-7H2,1H3. The van der Waals surface area contributed by atoms with Crippen LogP contribution in [0.25, 0.3) is 0 Å². The number of nitrogens with zero attached hydrogens (tertiary/aromatic N) is 1. The molecule has 1 aliphatic heterocycles. The van der Waals surface area contributed by atoms with Crippen molar-refractivity contribution in [2.45, 2.75) is 19.4 Å². The molecule has 3 nitrogen and oxygen atoms in total. The third kappa shape index (κ3) is 2.96. The van der Waals surface area contributed by atoms with Gasteiger partial charge in [-0.25, -0.2) is 0 Å². The lowest BCUT2D eigenvalue weighted by molar-refractivity contribution is 0.0471. The summed E-state index contributed by atoms with van der Waals surface area (Å²) in [6, 6.07) is 7.75. The highest BCUT2D eigenvalue weighted by atomic mass is 79.9. The van der Waals surface area contributed by atoms with Gasteiger partial charge in [-0.2, -0.15) is 0 Å². The van der Waals surface area contributed by atoms with Gasteiger partial charge >= 0.3 is 0 Å². The van der Waals surface area contributed by atoms with Gasteiger partial charge in [-0.15, -0.1) is 0 Å². The number of oxime groups is 1. The van der Waals surface area contributed by atoms with Gasteiger partial charge in [-0.05, 0) is 31.2 Å². The molecular weight excluding hydrogens is 258 g/mol. The lowest BCUT2D eigenvalue weighted by Crippen LogP contribution is -2.17. The summed E-state index contributed by atoms with van der Waals surface area (Å²) in [5.74, 6) is 0.853. The van der Waals surface area contributed by atoms with Crippen molar-refractivity contribution in [3.8, 4) is 5.75 Å². The predicted octanol–water partition coefficient (Wildman–Crippen LogP) is 2.99. The maximum absolute atomic E-state index is 5.57. The maximum Gasteiger partial charge on any atom is 0.166 e. The van der Waals surface area contributed by atoms with Crippen LogP contribution in [0.1, 0.15) is 13.3 Å². The Morgan fingerprint density at radius 3 is 2.80 bits per heavy atom. The first-order valence-corrected chi connectivity index (χ1v) is 5.61. The smallest absolute Gasteiger partial charge is 0.166 e. The van der Waals surface area contributed by atoms with Crippen molar-refractivity contribution in [1.29, 1.82) is 0 Å². The fourth-order valence-electron chi connectivity index (χ4n) is 1.38. The molecule has 0 N–H and O–H groups in total. The summed E-state index contributed by atoms with van der Waals surface area (Å²) in [6.45, 7) is 2.50. The molecule has 1 unspecified atom stereocenters. The first-order chi connectivity index (χ1) is 7.24. The van der Waals surface area contributed by atoms with E-state index < -0.39 is 0 Å². The molecule has 0 bridgehead atoms. The van der Waals surface area contributed by atoms with Gasteiger partial charge in [0.2, 0.25) is 0 Å². The number of rotatable bonds is 3. The average Bonchev–Trinajstić information content (AvgIpc) is 2.64. The number of halogens is 1. The minimum Gasteiger partial charge on any atom is -0.490 e. The topological polar surface area (TPSA) is 30.8 Å². The summed E-state index contributed by atoms with van der Waals surface area (Å²) < 4.78 is 6.62. The summed E-state index contributed by atoms with van der Waals surface area (Å²) in [4.78, 5) is 5.16. The Kier molecular flexibility index (Phi) is 3.26. The third-order valence-electron chi connectivity index (χ3n) is 2.13. The van der Waals surface area contributed by atoms with Crippen LogP contribution in [-0.2, 0) is 4.84 Å². The van der Waals surface area contributed by atoms with Crippen molar-refractivity contribution in [3.63, 3.8) is 0 Å². The van der Waals surface area contributed by atoms with Gasteiger partial charge in [-0.3, -0.25) is 0 Å². The molecular formula is C11H12BrNO2. The van der Waals surface area contributed by atoms with Gasteiger partial charge < -0.3 is 9.57 Å². The Labute approximate surface area is 97.2 Å². The summed E-state index contributed by atoms with van der Waals surface area (Å²) in [5, 5.41) is 3.87. The van der Waals surface area contributed by atoms with Crippen LogP contribution in [0, 0.1) is 0 Å². The highest BCUT2D eigenvalue weighted by Gasteiger charge is 2.18. The van der Waals surface area contributed by atoms with Gasteiger partial charge in [0.15, 0.2) is 6.10 Å². The second-order valence-corrected chi connectivity index (χ2v) is 4.44. The molecule has 0 aliphatic carbocycles. The molecule has 4 heteroatoms. The van der Waals surface area contributed by atoms with Crippen LogP contribution in [0.15, 0.2) is 33.9 Å². The van der Waals surface area contributed by atoms with E-state index in [0.717, 1.165) is 22.4 Å². The van der Waals surface area contributed by atoms with E-state index in [1.165, 1.54) is 0 Å². The molecule has 1 aromatic rings. The highest BCUT2D eigenvalue weighted by Crippen LogP contribution is 2.17. The first-order valence-electron chi connectivity index (χ1n) is 4.82. The SMILES string of the molecule is CC1=NOC(COc2ccc(Br)cc2)C1. The Morgan fingerprint density at radius 1 is 1.47 bits per heavy atom. The van der Waals surface area contributed by atoms with E-state index >= 15 is 0 Å². The van der Waals surface area contributed by atoms with Crippen molar-refractivity contribution >= 4 is 21.6 Å². The lowest BCUT2D eigenvalue weighted by Gasteiger charge is -2.10. The van der Waals surface area contributed by atoms with Crippen LogP contribution in [0.4, 0.5) is 0 Å². The fraction of sp³-hybridized carbons (Fsp3) is 0.364. The third-order valence-corrected chi connectivity index (χ3v) is 2.66. The minimum absolute atomic E-state index is 0.0636. The molecule has 1 aliphatic rings. The molecule has 1 aromatic carbocycles. The summed E-state index contributed by atoms with van der Waals surface area (Å²) >= 11 is 3.37. The van der Waals surface area contributed by atoms with E-state index in [4.69, 9.17) is 9.57 Å². The van der Waals surface area contributed by atoms with Crippen LogP contribution in [0.3, 0.4) is 0 Å². The van der Waals surface area contributed by atoms with E-state index in [0.29, 0.717) is 6.61 Å². The largest absolute Gasteiger partial charge is 0.490 e. The van der Waals surface area contributed by atoms with E-state index in [2.05, 4.69) is 21.1 Å². The molecule has 15 heavy (non-hydrogen) atoms. The van der Waals surface area contributed by atoms with Crippen LogP contribution in [0.5, 0.6) is 5.75 Å². The molecule has 2 rings (SSSR count). The maximum atomic E-state index is 5.57. The second kappa shape index (κ2) is 4.66.